The summed E-state index contributed by atoms with van der Waals surface area (Å²) >= 11 is 11.9. The van der Waals surface area contributed by atoms with Crippen LogP contribution in [0.25, 0.3) is 0 Å². The van der Waals surface area contributed by atoms with E-state index in [2.05, 4.69) is 25.2 Å². The van der Waals surface area contributed by atoms with Gasteiger partial charge < -0.3 is 11.1 Å². The summed E-state index contributed by atoms with van der Waals surface area (Å²) in [5, 5.41) is 4.23. The van der Waals surface area contributed by atoms with E-state index in [1.165, 1.54) is 11.1 Å². The molecule has 3 N–H and O–H groups in total. The van der Waals surface area contributed by atoms with Gasteiger partial charge in [-0.25, -0.2) is 0 Å². The largest absolute Gasteiger partial charge is 0.397 e. The number of nitrogen functional groups attached to an aromatic ring is 1. The Morgan fingerprint density at radius 2 is 1.67 bits per heavy atom. The van der Waals surface area contributed by atoms with E-state index in [1.807, 2.05) is 12.1 Å². The molecule has 4 heteroatoms. The fourth-order valence-corrected chi connectivity index (χ4v) is 2.04. The molecule has 0 amide bonds. The van der Waals surface area contributed by atoms with Crippen LogP contribution in [0.4, 0.5) is 17.1 Å². The number of rotatable bonds is 2. The molecule has 0 radical (unpaired) electrons. The monoisotopic (exact) mass is 280 g/mol. The van der Waals surface area contributed by atoms with Crippen LogP contribution < -0.4 is 11.1 Å². The van der Waals surface area contributed by atoms with Gasteiger partial charge in [0, 0.05) is 5.69 Å². The van der Waals surface area contributed by atoms with Gasteiger partial charge in [-0.15, -0.1) is 0 Å². The van der Waals surface area contributed by atoms with Gasteiger partial charge in [-0.2, -0.15) is 0 Å². The zero-order valence-corrected chi connectivity index (χ0v) is 11.7. The number of hydrogen-bond acceptors (Lipinski definition) is 2. The molecule has 94 valence electrons. The second-order valence-corrected chi connectivity index (χ2v) is 5.04. The van der Waals surface area contributed by atoms with Gasteiger partial charge in [0.15, 0.2) is 0 Å². The number of benzene rings is 2. The molecular weight excluding hydrogens is 267 g/mol. The summed E-state index contributed by atoms with van der Waals surface area (Å²) in [7, 11) is 0. The lowest BCUT2D eigenvalue weighted by Gasteiger charge is -2.14. The average Bonchev–Trinajstić information content (AvgIpc) is 2.32. The third-order valence-electron chi connectivity index (χ3n) is 2.97. The van der Waals surface area contributed by atoms with Crippen LogP contribution >= 0.6 is 23.2 Å². The minimum absolute atomic E-state index is 0.459. The highest BCUT2D eigenvalue weighted by Gasteiger charge is 2.07. The van der Waals surface area contributed by atoms with Crippen molar-refractivity contribution in [3.05, 3.63) is 51.5 Å². The van der Waals surface area contributed by atoms with Crippen LogP contribution in [0.3, 0.4) is 0 Å². The number of hydrogen-bond donors (Lipinski definition) is 2. The van der Waals surface area contributed by atoms with Gasteiger partial charge in [0.05, 0.1) is 21.4 Å². The summed E-state index contributed by atoms with van der Waals surface area (Å²) < 4.78 is 0. The average molecular weight is 281 g/mol. The predicted molar refractivity (Wildman–Crippen MR) is 80.1 cm³/mol. The molecule has 0 unspecified atom stereocenters. The fourth-order valence-electron chi connectivity index (χ4n) is 1.70. The molecule has 0 spiro atoms. The second-order valence-electron chi connectivity index (χ2n) is 4.23. The van der Waals surface area contributed by atoms with Crippen LogP contribution in [0.1, 0.15) is 11.1 Å². The molecule has 0 saturated heterocycles. The first-order valence-electron chi connectivity index (χ1n) is 5.57. The smallest absolute Gasteiger partial charge is 0.0634 e. The quantitative estimate of drug-likeness (QED) is 0.765. The lowest BCUT2D eigenvalue weighted by Crippen LogP contribution is -1.99. The Morgan fingerprint density at radius 3 is 2.39 bits per heavy atom. The highest BCUT2D eigenvalue weighted by atomic mass is 35.5. The second kappa shape index (κ2) is 5.09. The fraction of sp³-hybridized carbons (Fsp3) is 0.143. The Hall–Kier alpha value is -1.38. The summed E-state index contributed by atoms with van der Waals surface area (Å²) in [5.41, 5.74) is 10.7. The first kappa shape index (κ1) is 13.1. The van der Waals surface area contributed by atoms with E-state index in [4.69, 9.17) is 28.9 Å². The van der Waals surface area contributed by atoms with E-state index in [-0.39, 0.29) is 0 Å². The molecule has 0 fully saturated rings. The zero-order valence-electron chi connectivity index (χ0n) is 10.2. The van der Waals surface area contributed by atoms with Gasteiger partial charge in [-0.05, 0) is 43.2 Å². The van der Waals surface area contributed by atoms with E-state index < -0.39 is 0 Å². The summed E-state index contributed by atoms with van der Waals surface area (Å²) in [6.45, 7) is 4.13. The van der Waals surface area contributed by atoms with Gasteiger partial charge in [0.1, 0.15) is 0 Å². The Morgan fingerprint density at radius 1 is 1.00 bits per heavy atom. The topological polar surface area (TPSA) is 38.0 Å². The maximum Gasteiger partial charge on any atom is 0.0634 e. The molecule has 0 atom stereocenters. The number of anilines is 3. The maximum absolute atomic E-state index is 6.00. The molecule has 0 saturated carbocycles. The van der Waals surface area contributed by atoms with Crippen molar-refractivity contribution < 1.29 is 0 Å². The molecule has 0 heterocycles. The molecule has 2 aromatic rings. The molecule has 2 rings (SSSR count). The summed E-state index contributed by atoms with van der Waals surface area (Å²) in [4.78, 5) is 0. The van der Waals surface area contributed by atoms with Crippen LogP contribution in [-0.4, -0.2) is 0 Å². The molecular formula is C14H14Cl2N2. The van der Waals surface area contributed by atoms with Gasteiger partial charge in [-0.1, -0.05) is 35.3 Å². The minimum atomic E-state index is 0.459. The third kappa shape index (κ3) is 2.55. The normalized spacial score (nSPS) is 10.4. The van der Waals surface area contributed by atoms with Crippen molar-refractivity contribution in [2.45, 2.75) is 13.8 Å². The first-order valence-corrected chi connectivity index (χ1v) is 6.32. The number of nitrogens with one attached hydrogen (secondary N) is 1. The Bertz CT molecular complexity index is 595. The molecule has 0 aliphatic carbocycles. The Balaban J connectivity index is 2.40. The third-order valence-corrected chi connectivity index (χ3v) is 3.69. The van der Waals surface area contributed by atoms with Gasteiger partial charge >= 0.3 is 0 Å². The highest BCUT2D eigenvalue weighted by molar-refractivity contribution is 6.42. The first-order chi connectivity index (χ1) is 8.49. The van der Waals surface area contributed by atoms with Crippen molar-refractivity contribution >= 4 is 40.3 Å². The molecule has 2 aromatic carbocycles. The van der Waals surface area contributed by atoms with Crippen molar-refractivity contribution in [2.24, 2.45) is 0 Å². The molecule has 2 nitrogen and oxygen atoms in total. The summed E-state index contributed by atoms with van der Waals surface area (Å²) in [5.74, 6) is 0. The highest BCUT2D eigenvalue weighted by Crippen LogP contribution is 2.33. The molecule has 18 heavy (non-hydrogen) atoms. The van der Waals surface area contributed by atoms with E-state index >= 15 is 0 Å². The van der Waals surface area contributed by atoms with Crippen molar-refractivity contribution in [2.75, 3.05) is 11.1 Å². The molecule has 0 aliphatic rings. The van der Waals surface area contributed by atoms with Crippen LogP contribution in [0.5, 0.6) is 0 Å². The van der Waals surface area contributed by atoms with E-state index in [9.17, 15) is 0 Å². The zero-order chi connectivity index (χ0) is 13.3. The SMILES string of the molecule is Cc1cccc(Nc2cc(Cl)c(Cl)cc2N)c1C. The van der Waals surface area contributed by atoms with Crippen LogP contribution in [0.2, 0.25) is 10.0 Å². The lowest BCUT2D eigenvalue weighted by molar-refractivity contribution is 1.33. The van der Waals surface area contributed by atoms with Gasteiger partial charge in [-0.3, -0.25) is 0 Å². The maximum atomic E-state index is 6.00. The van der Waals surface area contributed by atoms with Crippen molar-refractivity contribution in [1.82, 2.24) is 0 Å². The van der Waals surface area contributed by atoms with E-state index in [1.54, 1.807) is 12.1 Å². The van der Waals surface area contributed by atoms with E-state index in [0.717, 1.165) is 11.4 Å². The Kier molecular flexibility index (Phi) is 3.69. The van der Waals surface area contributed by atoms with Gasteiger partial charge in [0.25, 0.3) is 0 Å². The summed E-state index contributed by atoms with van der Waals surface area (Å²) in [6.07, 6.45) is 0. The predicted octanol–water partition coefficient (Wildman–Crippen LogP) is 4.94. The molecule has 0 bridgehead atoms. The van der Waals surface area contributed by atoms with Crippen molar-refractivity contribution in [1.29, 1.82) is 0 Å². The standard InChI is InChI=1S/C14H14Cl2N2/c1-8-4-3-5-13(9(8)2)18-14-7-11(16)10(15)6-12(14)17/h3-7,18H,17H2,1-2H3. The molecule has 0 aromatic heterocycles. The summed E-state index contributed by atoms with van der Waals surface area (Å²) in [6, 6.07) is 9.46. The van der Waals surface area contributed by atoms with Crippen LogP contribution in [-0.2, 0) is 0 Å². The number of aryl methyl sites for hydroxylation is 1. The van der Waals surface area contributed by atoms with Crippen molar-refractivity contribution in [3.8, 4) is 0 Å². The van der Waals surface area contributed by atoms with E-state index in [0.29, 0.717) is 15.7 Å². The lowest BCUT2D eigenvalue weighted by atomic mass is 10.1. The minimum Gasteiger partial charge on any atom is -0.397 e. The number of halogens is 2. The number of nitrogens with two attached hydrogens (primary N) is 1. The Labute approximate surface area is 117 Å². The van der Waals surface area contributed by atoms with Crippen molar-refractivity contribution in [3.63, 3.8) is 0 Å². The van der Waals surface area contributed by atoms with Crippen LogP contribution in [0, 0.1) is 13.8 Å². The van der Waals surface area contributed by atoms with Gasteiger partial charge in [0.2, 0.25) is 0 Å². The molecule has 0 aliphatic heterocycles. The van der Waals surface area contributed by atoms with Crippen LogP contribution in [0.15, 0.2) is 30.3 Å².